The van der Waals surface area contributed by atoms with Gasteiger partial charge >= 0.3 is 0 Å². The van der Waals surface area contributed by atoms with Gasteiger partial charge in [-0.25, -0.2) is 0 Å². The number of nitrogens with zero attached hydrogens (tertiary/aromatic N) is 1. The van der Waals surface area contributed by atoms with E-state index in [1.807, 2.05) is 12.3 Å². The maximum atomic E-state index is 6.06. The lowest BCUT2D eigenvalue weighted by molar-refractivity contribution is 0.750. The van der Waals surface area contributed by atoms with Crippen LogP contribution in [0.25, 0.3) is 0 Å². The molecule has 0 radical (unpaired) electrons. The lowest BCUT2D eigenvalue weighted by Gasteiger charge is -2.09. The predicted molar refractivity (Wildman–Crippen MR) is 53.5 cm³/mol. The summed E-state index contributed by atoms with van der Waals surface area (Å²) in [5, 5.41) is 0.782. The van der Waals surface area contributed by atoms with Crippen molar-refractivity contribution in [3.05, 3.63) is 27.5 Å². The zero-order valence-electron chi connectivity index (χ0n) is 6.77. The van der Waals surface area contributed by atoms with E-state index in [0.717, 1.165) is 15.2 Å². The number of hydrogen-bond donors (Lipinski definition) is 0. The molecule has 0 bridgehead atoms. The Bertz CT molecular complexity index is 320. The second-order valence-corrected chi connectivity index (χ2v) is 4.87. The molecule has 1 fully saturated rings. The van der Waals surface area contributed by atoms with Gasteiger partial charge in [-0.3, -0.25) is 4.98 Å². The molecular weight excluding hydrogens is 237 g/mol. The smallest absolute Gasteiger partial charge is 0.0649 e. The summed E-state index contributed by atoms with van der Waals surface area (Å²) in [6, 6.07) is 1.91. The molecule has 1 aliphatic carbocycles. The molecule has 64 valence electrons. The molecule has 0 amide bonds. The van der Waals surface area contributed by atoms with Crippen molar-refractivity contribution >= 4 is 27.5 Å². The van der Waals surface area contributed by atoms with Gasteiger partial charge in [0.25, 0.3) is 0 Å². The molecule has 1 nitrogen and oxygen atoms in total. The zero-order valence-corrected chi connectivity index (χ0v) is 9.11. The van der Waals surface area contributed by atoms with E-state index in [1.54, 1.807) is 0 Å². The van der Waals surface area contributed by atoms with Crippen molar-refractivity contribution < 1.29 is 0 Å². The average Bonchev–Trinajstić information content (AvgIpc) is 2.68. The third-order valence-electron chi connectivity index (χ3n) is 2.38. The number of aromatic nitrogens is 1. The summed E-state index contributed by atoms with van der Waals surface area (Å²) < 4.78 is 0.945. The molecule has 0 aliphatic heterocycles. The summed E-state index contributed by atoms with van der Waals surface area (Å²) in [6.07, 6.45) is 4.23. The standard InChI is InChI=1S/C9H9BrClN/c1-9(2-3-9)8-7(11)4-6(10)5-12-8/h4-5H,2-3H2,1H3. The molecule has 12 heavy (non-hydrogen) atoms. The predicted octanol–water partition coefficient (Wildman–Crippen LogP) is 3.55. The third kappa shape index (κ3) is 1.38. The molecule has 1 aromatic heterocycles. The van der Waals surface area contributed by atoms with Crippen molar-refractivity contribution in [1.82, 2.24) is 4.98 Å². The van der Waals surface area contributed by atoms with Crippen LogP contribution in [-0.4, -0.2) is 4.98 Å². The minimum absolute atomic E-state index is 0.262. The van der Waals surface area contributed by atoms with Gasteiger partial charge in [0.05, 0.1) is 10.7 Å². The van der Waals surface area contributed by atoms with Crippen LogP contribution in [0.15, 0.2) is 16.7 Å². The average molecular weight is 247 g/mol. The van der Waals surface area contributed by atoms with Gasteiger partial charge in [-0.1, -0.05) is 18.5 Å². The van der Waals surface area contributed by atoms with Crippen LogP contribution in [0.5, 0.6) is 0 Å². The molecule has 1 heterocycles. The van der Waals surface area contributed by atoms with Gasteiger partial charge in [0.2, 0.25) is 0 Å². The third-order valence-corrected chi connectivity index (χ3v) is 3.10. The first-order chi connectivity index (χ1) is 5.62. The monoisotopic (exact) mass is 245 g/mol. The fraction of sp³-hybridized carbons (Fsp3) is 0.444. The fourth-order valence-electron chi connectivity index (χ4n) is 1.28. The van der Waals surface area contributed by atoms with Crippen LogP contribution < -0.4 is 0 Å². The van der Waals surface area contributed by atoms with Crippen LogP contribution >= 0.6 is 27.5 Å². The van der Waals surface area contributed by atoms with Crippen molar-refractivity contribution in [3.8, 4) is 0 Å². The maximum absolute atomic E-state index is 6.06. The first kappa shape index (κ1) is 8.52. The maximum Gasteiger partial charge on any atom is 0.0649 e. The van der Waals surface area contributed by atoms with E-state index in [4.69, 9.17) is 11.6 Å². The fourth-order valence-corrected chi connectivity index (χ4v) is 2.14. The Labute approximate surface area is 85.3 Å². The number of hydrogen-bond acceptors (Lipinski definition) is 1. The van der Waals surface area contributed by atoms with Gasteiger partial charge in [-0.05, 0) is 34.8 Å². The van der Waals surface area contributed by atoms with Crippen LogP contribution in [-0.2, 0) is 5.41 Å². The highest BCUT2D eigenvalue weighted by molar-refractivity contribution is 9.10. The number of rotatable bonds is 1. The minimum atomic E-state index is 0.262. The van der Waals surface area contributed by atoms with Crippen LogP contribution in [0, 0.1) is 0 Å². The molecule has 0 unspecified atom stereocenters. The summed E-state index contributed by atoms with van der Waals surface area (Å²) in [5.41, 5.74) is 1.31. The summed E-state index contributed by atoms with van der Waals surface area (Å²) in [6.45, 7) is 2.20. The minimum Gasteiger partial charge on any atom is -0.258 e. The molecule has 0 spiro atoms. The Balaban J connectivity index is 2.45. The van der Waals surface area contributed by atoms with Crippen LogP contribution in [0.2, 0.25) is 5.02 Å². The Morgan fingerprint density at radius 2 is 2.25 bits per heavy atom. The largest absolute Gasteiger partial charge is 0.258 e. The second kappa shape index (κ2) is 2.71. The molecule has 3 heteroatoms. The van der Waals surface area contributed by atoms with Crippen LogP contribution in [0.4, 0.5) is 0 Å². The highest BCUT2D eigenvalue weighted by Gasteiger charge is 2.41. The first-order valence-electron chi connectivity index (χ1n) is 3.93. The Morgan fingerprint density at radius 3 is 2.75 bits per heavy atom. The van der Waals surface area contributed by atoms with Crippen LogP contribution in [0.1, 0.15) is 25.5 Å². The van der Waals surface area contributed by atoms with Crippen LogP contribution in [0.3, 0.4) is 0 Å². The first-order valence-corrected chi connectivity index (χ1v) is 5.10. The summed E-state index contributed by atoms with van der Waals surface area (Å²) in [7, 11) is 0. The lowest BCUT2D eigenvalue weighted by Crippen LogP contribution is -2.03. The SMILES string of the molecule is CC1(c2ncc(Br)cc2Cl)CC1. The molecule has 0 atom stereocenters. The van der Waals surface area contributed by atoms with E-state index in [1.165, 1.54) is 12.8 Å². The molecule has 0 saturated heterocycles. The van der Waals surface area contributed by atoms with Crippen molar-refractivity contribution in [1.29, 1.82) is 0 Å². The Kier molecular flexibility index (Phi) is 1.92. The van der Waals surface area contributed by atoms with E-state index in [2.05, 4.69) is 27.8 Å². The molecule has 1 aromatic rings. The molecular formula is C9H9BrClN. The van der Waals surface area contributed by atoms with Crippen molar-refractivity contribution in [2.24, 2.45) is 0 Å². The van der Waals surface area contributed by atoms with Crippen molar-refractivity contribution in [3.63, 3.8) is 0 Å². The molecule has 2 rings (SSSR count). The van der Waals surface area contributed by atoms with Gasteiger partial charge in [-0.2, -0.15) is 0 Å². The summed E-state index contributed by atoms with van der Waals surface area (Å²) in [5.74, 6) is 0. The molecule has 0 N–H and O–H groups in total. The van der Waals surface area contributed by atoms with Gasteiger partial charge in [-0.15, -0.1) is 0 Å². The Morgan fingerprint density at radius 1 is 1.58 bits per heavy atom. The van der Waals surface area contributed by atoms with Gasteiger partial charge in [0.1, 0.15) is 0 Å². The number of halogens is 2. The lowest BCUT2D eigenvalue weighted by atomic mass is 10.1. The van der Waals surface area contributed by atoms with E-state index in [-0.39, 0.29) is 5.41 Å². The zero-order chi connectivity index (χ0) is 8.77. The Hall–Kier alpha value is -0.0800. The second-order valence-electron chi connectivity index (χ2n) is 3.54. The van der Waals surface area contributed by atoms with Crippen molar-refractivity contribution in [2.45, 2.75) is 25.2 Å². The molecule has 1 aliphatic rings. The van der Waals surface area contributed by atoms with Gasteiger partial charge in [0, 0.05) is 16.1 Å². The van der Waals surface area contributed by atoms with Gasteiger partial charge in [0.15, 0.2) is 0 Å². The quantitative estimate of drug-likeness (QED) is 0.738. The van der Waals surface area contributed by atoms with E-state index in [0.29, 0.717) is 0 Å². The molecule has 0 aromatic carbocycles. The highest BCUT2D eigenvalue weighted by Crippen LogP contribution is 2.49. The summed E-state index contributed by atoms with van der Waals surface area (Å²) in [4.78, 5) is 4.33. The number of pyridine rings is 1. The topological polar surface area (TPSA) is 12.9 Å². The van der Waals surface area contributed by atoms with E-state index >= 15 is 0 Å². The van der Waals surface area contributed by atoms with Crippen molar-refractivity contribution in [2.75, 3.05) is 0 Å². The van der Waals surface area contributed by atoms with Gasteiger partial charge < -0.3 is 0 Å². The highest BCUT2D eigenvalue weighted by atomic mass is 79.9. The van der Waals surface area contributed by atoms with E-state index in [9.17, 15) is 0 Å². The molecule has 1 saturated carbocycles. The summed E-state index contributed by atoms with van der Waals surface area (Å²) >= 11 is 9.40. The van der Waals surface area contributed by atoms with E-state index < -0.39 is 0 Å². The normalized spacial score (nSPS) is 19.2.